The maximum Gasteiger partial charge on any atom is 0.340 e. The molecule has 0 radical (unpaired) electrons. The number of phenols is 2. The lowest BCUT2D eigenvalue weighted by Crippen LogP contribution is -2.37. The fraction of sp³-hybridized carbons (Fsp3) is 0.192. The summed E-state index contributed by atoms with van der Waals surface area (Å²) in [7, 11) is 0. The molecule has 7 N–H and O–H groups in total. The van der Waals surface area contributed by atoms with Crippen LogP contribution < -0.4 is 21.5 Å². The molecule has 3 aromatic rings. The van der Waals surface area contributed by atoms with E-state index >= 15 is 0 Å². The molecule has 1 atom stereocenters. The summed E-state index contributed by atoms with van der Waals surface area (Å²) in [5.41, 5.74) is 12.1. The molecule has 0 aliphatic carbocycles. The molecule has 10 heteroatoms. The van der Waals surface area contributed by atoms with Crippen molar-refractivity contribution in [1.29, 1.82) is 0 Å². The van der Waals surface area contributed by atoms with Gasteiger partial charge in [0.15, 0.2) is 5.60 Å². The summed E-state index contributed by atoms with van der Waals surface area (Å²) >= 11 is 5.48. The van der Waals surface area contributed by atoms with Gasteiger partial charge in [-0.15, -0.1) is 0 Å². The predicted octanol–water partition coefficient (Wildman–Crippen LogP) is 3.48. The number of urea groups is 1. The molecule has 5 rings (SSSR count). The molecule has 0 aromatic heterocycles. The summed E-state index contributed by atoms with van der Waals surface area (Å²) in [6, 6.07) is 13.7. The van der Waals surface area contributed by atoms with Crippen LogP contribution in [0.5, 0.6) is 23.0 Å². The highest BCUT2D eigenvalue weighted by Gasteiger charge is 2.54. The number of rotatable bonds is 5. The quantitative estimate of drug-likeness (QED) is 0.260. The van der Waals surface area contributed by atoms with E-state index in [0.717, 1.165) is 0 Å². The normalized spacial score (nSPS) is 15.2. The Balaban J connectivity index is 1.76. The van der Waals surface area contributed by atoms with Crippen LogP contribution in [0.25, 0.3) is 0 Å². The predicted molar refractivity (Wildman–Crippen MR) is 134 cm³/mol. The van der Waals surface area contributed by atoms with Crippen molar-refractivity contribution in [3.63, 3.8) is 0 Å². The standard InChI is InChI=1S/C26H23N3O6S/c27-10-2-4-16(23(36)29-25(28)33)15-3-1-5-19-22(15)24(32)35-26(19)17-8-6-13(30)11-20(17)34-21-12-14(31)7-9-18(21)26/h1,3,5-9,11-12,16,30-31H,2,4,10,27H2,(H3,28,29,33,36). The van der Waals surface area contributed by atoms with Crippen molar-refractivity contribution < 1.29 is 29.3 Å². The summed E-state index contributed by atoms with van der Waals surface area (Å²) < 4.78 is 12.2. The number of benzene rings is 3. The first-order chi connectivity index (χ1) is 17.3. The lowest BCUT2D eigenvalue weighted by atomic mass is 9.76. The largest absolute Gasteiger partial charge is 0.508 e. The van der Waals surface area contributed by atoms with E-state index in [0.29, 0.717) is 47.2 Å². The Labute approximate surface area is 211 Å². The number of hydrogen-bond acceptors (Lipinski definition) is 8. The van der Waals surface area contributed by atoms with Gasteiger partial charge in [-0.2, -0.15) is 0 Å². The maximum absolute atomic E-state index is 13.6. The van der Waals surface area contributed by atoms with Crippen LogP contribution in [-0.4, -0.2) is 33.7 Å². The average molecular weight is 506 g/mol. The van der Waals surface area contributed by atoms with Gasteiger partial charge in [-0.1, -0.05) is 30.4 Å². The van der Waals surface area contributed by atoms with E-state index in [2.05, 4.69) is 5.32 Å². The minimum absolute atomic E-state index is 0.0319. The van der Waals surface area contributed by atoms with E-state index in [-0.39, 0.29) is 28.0 Å². The summed E-state index contributed by atoms with van der Waals surface area (Å²) in [5.74, 6) is -0.604. The Morgan fingerprint density at radius 2 is 1.67 bits per heavy atom. The molecular weight excluding hydrogens is 482 g/mol. The fourth-order valence-corrected chi connectivity index (χ4v) is 5.37. The van der Waals surface area contributed by atoms with Gasteiger partial charge < -0.3 is 36.5 Å². The minimum Gasteiger partial charge on any atom is -0.508 e. The van der Waals surface area contributed by atoms with Gasteiger partial charge in [0, 0.05) is 34.7 Å². The van der Waals surface area contributed by atoms with Crippen LogP contribution in [0.4, 0.5) is 4.79 Å². The molecule has 9 nitrogen and oxygen atoms in total. The first-order valence-corrected chi connectivity index (χ1v) is 11.7. The minimum atomic E-state index is -1.40. The number of carbonyl (C=O) groups excluding carboxylic acids is 2. The van der Waals surface area contributed by atoms with Crippen molar-refractivity contribution in [1.82, 2.24) is 5.32 Å². The highest BCUT2D eigenvalue weighted by molar-refractivity contribution is 7.80. The number of primary amides is 1. The molecule has 0 bridgehead atoms. The zero-order valence-corrected chi connectivity index (χ0v) is 19.8. The monoisotopic (exact) mass is 505 g/mol. The molecule has 2 amide bonds. The van der Waals surface area contributed by atoms with Crippen LogP contribution in [-0.2, 0) is 10.3 Å². The number of hydrogen-bond donors (Lipinski definition) is 5. The van der Waals surface area contributed by atoms with Gasteiger partial charge in [0.25, 0.3) is 0 Å². The third-order valence-electron chi connectivity index (χ3n) is 6.47. The zero-order chi connectivity index (χ0) is 25.6. The van der Waals surface area contributed by atoms with Gasteiger partial charge >= 0.3 is 12.0 Å². The molecule has 36 heavy (non-hydrogen) atoms. The second-order valence-corrected chi connectivity index (χ2v) is 9.08. The third kappa shape index (κ3) is 3.62. The molecule has 0 saturated heterocycles. The van der Waals surface area contributed by atoms with Crippen molar-refractivity contribution in [2.24, 2.45) is 11.5 Å². The van der Waals surface area contributed by atoms with E-state index in [4.69, 9.17) is 33.2 Å². The number of fused-ring (bicyclic) bond motifs is 6. The Kier molecular flexibility index (Phi) is 5.77. The van der Waals surface area contributed by atoms with Gasteiger partial charge in [-0.05, 0) is 49.2 Å². The summed E-state index contributed by atoms with van der Waals surface area (Å²) in [4.78, 5) is 25.3. The van der Waals surface area contributed by atoms with E-state index in [1.807, 2.05) is 0 Å². The van der Waals surface area contributed by atoms with E-state index in [1.54, 1.807) is 30.3 Å². The highest BCUT2D eigenvalue weighted by atomic mass is 32.1. The van der Waals surface area contributed by atoms with E-state index < -0.39 is 23.5 Å². The number of nitrogens with one attached hydrogen (secondary N) is 1. The van der Waals surface area contributed by atoms with E-state index in [1.165, 1.54) is 24.3 Å². The van der Waals surface area contributed by atoms with Crippen molar-refractivity contribution in [2.75, 3.05) is 6.54 Å². The second-order valence-electron chi connectivity index (χ2n) is 8.64. The fourth-order valence-electron chi connectivity index (χ4n) is 5.02. The first kappa shape index (κ1) is 23.6. The first-order valence-electron chi connectivity index (χ1n) is 11.3. The Bertz CT molecular complexity index is 1370. The van der Waals surface area contributed by atoms with Crippen molar-refractivity contribution >= 4 is 29.2 Å². The van der Waals surface area contributed by atoms with Crippen LogP contribution in [0.15, 0.2) is 54.6 Å². The number of aromatic hydroxyl groups is 2. The number of carbonyl (C=O) groups is 2. The summed E-state index contributed by atoms with van der Waals surface area (Å²) in [6.07, 6.45) is 1.07. The van der Waals surface area contributed by atoms with E-state index in [9.17, 15) is 19.8 Å². The number of amides is 2. The highest BCUT2D eigenvalue weighted by Crippen LogP contribution is 2.57. The lowest BCUT2D eigenvalue weighted by molar-refractivity contribution is 0.0223. The van der Waals surface area contributed by atoms with Gasteiger partial charge in [0.05, 0.1) is 10.6 Å². The molecule has 2 aliphatic rings. The smallest absolute Gasteiger partial charge is 0.340 e. The molecule has 2 heterocycles. The topological polar surface area (TPSA) is 157 Å². The SMILES string of the molecule is NCCCC(C(=S)NC(N)=O)c1cccc2c1C(=O)OC21c2ccc(O)cc2Oc2cc(O)ccc21. The molecule has 3 aromatic carbocycles. The molecule has 1 spiro atoms. The second kappa shape index (κ2) is 8.81. The summed E-state index contributed by atoms with van der Waals surface area (Å²) in [5, 5.41) is 22.7. The number of ether oxygens (including phenoxy) is 2. The van der Waals surface area contributed by atoms with Crippen LogP contribution in [0.2, 0.25) is 0 Å². The molecular formula is C26H23N3O6S. The number of nitrogens with two attached hydrogens (primary N) is 2. The summed E-state index contributed by atoms with van der Waals surface area (Å²) in [6.45, 7) is 0.393. The molecule has 2 aliphatic heterocycles. The zero-order valence-electron chi connectivity index (χ0n) is 19.0. The lowest BCUT2D eigenvalue weighted by Gasteiger charge is -2.36. The Morgan fingerprint density at radius 3 is 2.25 bits per heavy atom. The Hall–Kier alpha value is -4.15. The molecule has 0 fully saturated rings. The maximum atomic E-state index is 13.6. The van der Waals surface area contributed by atoms with Gasteiger partial charge in [0.2, 0.25) is 0 Å². The number of thiocarbonyl (C=S) groups is 1. The van der Waals surface area contributed by atoms with Crippen LogP contribution >= 0.6 is 12.2 Å². The molecule has 184 valence electrons. The van der Waals surface area contributed by atoms with Crippen LogP contribution in [0, 0.1) is 0 Å². The van der Waals surface area contributed by atoms with Gasteiger partial charge in [-0.3, -0.25) is 0 Å². The van der Waals surface area contributed by atoms with Crippen molar-refractivity contribution in [3.05, 3.63) is 82.4 Å². The van der Waals surface area contributed by atoms with Crippen molar-refractivity contribution in [2.45, 2.75) is 24.4 Å². The average Bonchev–Trinajstić information content (AvgIpc) is 3.12. The number of esters is 1. The Morgan fingerprint density at radius 1 is 1.03 bits per heavy atom. The third-order valence-corrected chi connectivity index (χ3v) is 6.86. The molecule has 0 saturated carbocycles. The van der Waals surface area contributed by atoms with Gasteiger partial charge in [-0.25, -0.2) is 9.59 Å². The van der Waals surface area contributed by atoms with Crippen molar-refractivity contribution in [3.8, 4) is 23.0 Å². The van der Waals surface area contributed by atoms with Crippen LogP contribution in [0.1, 0.15) is 51.4 Å². The van der Waals surface area contributed by atoms with Crippen LogP contribution in [0.3, 0.4) is 0 Å². The molecule has 1 unspecified atom stereocenters. The van der Waals surface area contributed by atoms with Gasteiger partial charge in [0.1, 0.15) is 23.0 Å². The number of phenolic OH excluding ortho intramolecular Hbond substituents is 2.